The minimum absolute atomic E-state index is 0.0651. The van der Waals surface area contributed by atoms with Crippen LogP contribution in [0, 0.1) is 12.8 Å². The molecule has 0 aromatic heterocycles. The van der Waals surface area contributed by atoms with Gasteiger partial charge >= 0.3 is 0 Å². The first-order chi connectivity index (χ1) is 15.5. The van der Waals surface area contributed by atoms with Crippen molar-refractivity contribution in [3.05, 3.63) is 59.2 Å². The molecular weight excluding hydrogens is 408 g/mol. The van der Waals surface area contributed by atoms with E-state index in [-0.39, 0.29) is 17.7 Å². The summed E-state index contributed by atoms with van der Waals surface area (Å²) < 4.78 is 16.1. The van der Waals surface area contributed by atoms with E-state index in [4.69, 9.17) is 14.2 Å². The summed E-state index contributed by atoms with van der Waals surface area (Å²) >= 11 is 0. The quantitative estimate of drug-likeness (QED) is 0.607. The van der Waals surface area contributed by atoms with Gasteiger partial charge in [-0.1, -0.05) is 18.2 Å². The van der Waals surface area contributed by atoms with Crippen molar-refractivity contribution in [1.29, 1.82) is 0 Å². The molecule has 0 spiro atoms. The predicted octanol–water partition coefficient (Wildman–Crippen LogP) is 3.02. The Hall–Kier alpha value is -3.06. The Labute approximate surface area is 189 Å². The largest absolute Gasteiger partial charge is 0.497 e. The summed E-state index contributed by atoms with van der Waals surface area (Å²) in [5, 5.41) is 3.01. The van der Waals surface area contributed by atoms with Crippen molar-refractivity contribution in [1.82, 2.24) is 10.2 Å². The molecule has 1 aliphatic heterocycles. The fourth-order valence-electron chi connectivity index (χ4n) is 4.22. The molecule has 1 fully saturated rings. The molecule has 0 radical (unpaired) electrons. The van der Waals surface area contributed by atoms with Gasteiger partial charge in [-0.3, -0.25) is 9.59 Å². The highest BCUT2D eigenvalue weighted by molar-refractivity contribution is 5.96. The van der Waals surface area contributed by atoms with Crippen molar-refractivity contribution in [2.45, 2.75) is 19.3 Å². The van der Waals surface area contributed by atoms with Gasteiger partial charge in [0.25, 0.3) is 5.91 Å². The number of hydrogen-bond donors (Lipinski definition) is 1. The molecule has 2 amide bonds. The highest BCUT2D eigenvalue weighted by Gasteiger charge is 2.42. The number of ether oxygens (including phenoxy) is 3. The van der Waals surface area contributed by atoms with Gasteiger partial charge in [0.1, 0.15) is 11.5 Å². The fraction of sp³-hybridized carbons (Fsp3) is 0.440. The molecule has 7 heteroatoms. The number of likely N-dealkylation sites (tertiary alicyclic amines) is 1. The zero-order chi connectivity index (χ0) is 23.1. The molecule has 2 atom stereocenters. The van der Waals surface area contributed by atoms with Crippen LogP contribution in [0.4, 0.5) is 0 Å². The van der Waals surface area contributed by atoms with Crippen molar-refractivity contribution < 1.29 is 23.8 Å². The van der Waals surface area contributed by atoms with Crippen molar-refractivity contribution in [3.8, 4) is 11.5 Å². The molecule has 172 valence electrons. The van der Waals surface area contributed by atoms with Gasteiger partial charge in [-0.25, -0.2) is 0 Å². The van der Waals surface area contributed by atoms with E-state index in [0.717, 1.165) is 17.5 Å². The molecule has 1 saturated heterocycles. The highest BCUT2D eigenvalue weighted by atomic mass is 16.5. The highest BCUT2D eigenvalue weighted by Crippen LogP contribution is 2.40. The van der Waals surface area contributed by atoms with Crippen molar-refractivity contribution in [3.63, 3.8) is 0 Å². The Balaban J connectivity index is 1.90. The number of hydrogen-bond acceptors (Lipinski definition) is 5. The Morgan fingerprint density at radius 1 is 1.06 bits per heavy atom. The van der Waals surface area contributed by atoms with E-state index in [1.54, 1.807) is 26.2 Å². The first-order valence-corrected chi connectivity index (χ1v) is 10.8. The summed E-state index contributed by atoms with van der Waals surface area (Å²) in [6.45, 7) is 3.79. The third-order valence-electron chi connectivity index (χ3n) is 5.98. The van der Waals surface area contributed by atoms with Gasteiger partial charge in [0.05, 0.1) is 20.1 Å². The first kappa shape index (κ1) is 23.6. The van der Waals surface area contributed by atoms with Gasteiger partial charge in [-0.05, 0) is 43.2 Å². The standard InChI is InChI=1S/C25H32N2O5/c1-17-8-5-6-9-19(17)25(29)27-15-21(20-14-18(31-3)10-11-23(20)32-4)22(16-27)24(28)26-12-7-13-30-2/h5-6,8-11,14,21-22H,7,12-13,15-16H2,1-4H3,(H,26,28)/t21-,22+/m0/s1. The van der Waals surface area contributed by atoms with E-state index < -0.39 is 5.92 Å². The minimum Gasteiger partial charge on any atom is -0.497 e. The maximum Gasteiger partial charge on any atom is 0.254 e. The van der Waals surface area contributed by atoms with E-state index in [9.17, 15) is 9.59 Å². The smallest absolute Gasteiger partial charge is 0.254 e. The third kappa shape index (κ3) is 5.22. The van der Waals surface area contributed by atoms with Crippen molar-refractivity contribution >= 4 is 11.8 Å². The van der Waals surface area contributed by atoms with Crippen molar-refractivity contribution in [2.24, 2.45) is 5.92 Å². The molecule has 1 heterocycles. The maximum absolute atomic E-state index is 13.3. The summed E-state index contributed by atoms with van der Waals surface area (Å²) in [7, 11) is 4.85. The molecule has 1 N–H and O–H groups in total. The molecule has 2 aromatic carbocycles. The van der Waals surface area contributed by atoms with Gasteiger partial charge in [0.15, 0.2) is 0 Å². The Morgan fingerprint density at radius 2 is 1.84 bits per heavy atom. The van der Waals surface area contributed by atoms with Gasteiger partial charge in [0.2, 0.25) is 5.91 Å². The van der Waals surface area contributed by atoms with Crippen LogP contribution < -0.4 is 14.8 Å². The molecule has 3 rings (SSSR count). The molecule has 0 unspecified atom stereocenters. The number of carbonyl (C=O) groups is 2. The van der Waals surface area contributed by atoms with Crippen LogP contribution in [0.5, 0.6) is 11.5 Å². The molecular formula is C25H32N2O5. The lowest BCUT2D eigenvalue weighted by Crippen LogP contribution is -2.36. The summed E-state index contributed by atoms with van der Waals surface area (Å²) in [5.74, 6) is 0.615. The lowest BCUT2D eigenvalue weighted by atomic mass is 9.87. The first-order valence-electron chi connectivity index (χ1n) is 10.8. The second kappa shape index (κ2) is 11.0. The number of carbonyl (C=O) groups excluding carboxylic acids is 2. The summed E-state index contributed by atoms with van der Waals surface area (Å²) in [6.07, 6.45) is 0.730. The lowest BCUT2D eigenvalue weighted by Gasteiger charge is -2.21. The average molecular weight is 441 g/mol. The lowest BCUT2D eigenvalue weighted by molar-refractivity contribution is -0.125. The van der Waals surface area contributed by atoms with Gasteiger partial charge in [-0.2, -0.15) is 0 Å². The molecule has 32 heavy (non-hydrogen) atoms. The predicted molar refractivity (Wildman–Crippen MR) is 122 cm³/mol. The second-order valence-electron chi connectivity index (χ2n) is 7.98. The number of nitrogens with zero attached hydrogens (tertiary/aromatic N) is 1. The van der Waals surface area contributed by atoms with Crippen molar-refractivity contribution in [2.75, 3.05) is 47.6 Å². The van der Waals surface area contributed by atoms with Crippen LogP contribution in [0.2, 0.25) is 0 Å². The van der Waals surface area contributed by atoms with Crippen LogP contribution in [0.1, 0.15) is 33.8 Å². The second-order valence-corrected chi connectivity index (χ2v) is 7.98. The van der Waals surface area contributed by atoms with Crippen LogP contribution in [0.25, 0.3) is 0 Å². The monoisotopic (exact) mass is 440 g/mol. The van der Waals surface area contributed by atoms with Crippen LogP contribution in [0.3, 0.4) is 0 Å². The zero-order valence-electron chi connectivity index (χ0n) is 19.2. The van der Waals surface area contributed by atoms with Crippen LogP contribution in [0.15, 0.2) is 42.5 Å². The van der Waals surface area contributed by atoms with E-state index in [0.29, 0.717) is 43.3 Å². The average Bonchev–Trinajstić information content (AvgIpc) is 3.26. The van der Waals surface area contributed by atoms with Gasteiger partial charge < -0.3 is 24.4 Å². The number of benzene rings is 2. The Bertz CT molecular complexity index is 946. The van der Waals surface area contributed by atoms with E-state index in [1.807, 2.05) is 49.4 Å². The number of aryl methyl sites for hydroxylation is 1. The van der Waals surface area contributed by atoms with E-state index >= 15 is 0 Å². The Kier molecular flexibility index (Phi) is 8.11. The summed E-state index contributed by atoms with van der Waals surface area (Å²) in [4.78, 5) is 28.2. The summed E-state index contributed by atoms with van der Waals surface area (Å²) in [5.41, 5.74) is 2.44. The third-order valence-corrected chi connectivity index (χ3v) is 5.98. The SMILES string of the molecule is COCCCNC(=O)[C@@H]1CN(C(=O)c2ccccc2C)C[C@H]1c1cc(OC)ccc1OC. The number of methoxy groups -OCH3 is 3. The molecule has 2 aromatic rings. The fourth-order valence-corrected chi connectivity index (χ4v) is 4.22. The van der Waals surface area contributed by atoms with Crippen LogP contribution in [-0.4, -0.2) is 64.3 Å². The van der Waals surface area contributed by atoms with E-state index in [1.165, 1.54) is 0 Å². The van der Waals surface area contributed by atoms with Gasteiger partial charge in [-0.15, -0.1) is 0 Å². The minimum atomic E-state index is -0.397. The molecule has 1 aliphatic rings. The Morgan fingerprint density at radius 3 is 2.53 bits per heavy atom. The number of nitrogens with one attached hydrogen (secondary N) is 1. The molecule has 0 aliphatic carbocycles. The number of rotatable bonds is 9. The molecule has 7 nitrogen and oxygen atoms in total. The van der Waals surface area contributed by atoms with E-state index in [2.05, 4.69) is 5.32 Å². The topological polar surface area (TPSA) is 77.1 Å². The zero-order valence-corrected chi connectivity index (χ0v) is 19.2. The maximum atomic E-state index is 13.3. The van der Waals surface area contributed by atoms with Crippen LogP contribution >= 0.6 is 0 Å². The normalized spacial score (nSPS) is 17.8. The van der Waals surface area contributed by atoms with Gasteiger partial charge in [0, 0.05) is 50.4 Å². The summed E-state index contributed by atoms with van der Waals surface area (Å²) in [6, 6.07) is 13.1. The number of amides is 2. The molecule has 0 bridgehead atoms. The van der Waals surface area contributed by atoms with Crippen LogP contribution in [-0.2, 0) is 9.53 Å². The molecule has 0 saturated carbocycles.